The standard InChI is InChI=1S/C29H31FN6O5/c1-7-39-26-34-25-20(29(38,23-15-31-10-11-32-23)22-9-8-19(30)14-33-22)12-18(24-16(2)35-41-17(24)3)13-21(25)36(26)27(37)40-28(4,5)6/h8-10,12-15,32,38H,7,11H2,1-6H3. The van der Waals surface area contributed by atoms with Gasteiger partial charge in [-0.2, -0.15) is 9.55 Å². The van der Waals surface area contributed by atoms with Gasteiger partial charge in [-0.1, -0.05) is 5.16 Å². The lowest BCUT2D eigenvalue weighted by Crippen LogP contribution is -2.39. The van der Waals surface area contributed by atoms with Gasteiger partial charge in [0, 0.05) is 23.5 Å². The fraction of sp³-hybridized carbons (Fsp3) is 0.345. The van der Waals surface area contributed by atoms with Crippen LogP contribution < -0.4 is 10.1 Å². The van der Waals surface area contributed by atoms with Crippen molar-refractivity contribution in [2.75, 3.05) is 13.2 Å². The molecule has 1 unspecified atom stereocenters. The van der Waals surface area contributed by atoms with Crippen molar-refractivity contribution in [3.8, 4) is 17.1 Å². The molecule has 0 radical (unpaired) electrons. The molecule has 3 aromatic heterocycles. The molecule has 0 bridgehead atoms. The van der Waals surface area contributed by atoms with Crippen molar-refractivity contribution < 1.29 is 28.3 Å². The number of nitrogens with one attached hydrogen (secondary N) is 1. The number of imidazole rings is 1. The Balaban J connectivity index is 1.91. The first kappa shape index (κ1) is 28.0. The molecule has 0 spiro atoms. The zero-order chi connectivity index (χ0) is 29.5. The third kappa shape index (κ3) is 5.06. The largest absolute Gasteiger partial charge is 0.465 e. The minimum absolute atomic E-state index is 0.0214. The second-order valence-corrected chi connectivity index (χ2v) is 10.6. The number of benzene rings is 1. The van der Waals surface area contributed by atoms with E-state index >= 15 is 0 Å². The van der Waals surface area contributed by atoms with Crippen LogP contribution in [0.2, 0.25) is 0 Å². The molecule has 0 amide bonds. The number of nitrogens with zero attached hydrogens (tertiary/aromatic N) is 5. The predicted molar refractivity (Wildman–Crippen MR) is 149 cm³/mol. The number of hydrogen-bond acceptors (Lipinski definition) is 10. The summed E-state index contributed by atoms with van der Waals surface area (Å²) in [5, 5.41) is 19.9. The van der Waals surface area contributed by atoms with Crippen LogP contribution >= 0.6 is 0 Å². The van der Waals surface area contributed by atoms with Crippen molar-refractivity contribution in [2.24, 2.45) is 4.99 Å². The topological polar surface area (TPSA) is 137 Å². The minimum atomic E-state index is -2.00. The van der Waals surface area contributed by atoms with E-state index < -0.39 is 23.1 Å². The molecule has 0 saturated carbocycles. The van der Waals surface area contributed by atoms with Crippen molar-refractivity contribution in [1.29, 1.82) is 0 Å². The first-order valence-electron chi connectivity index (χ1n) is 13.1. The molecule has 0 fully saturated rings. The summed E-state index contributed by atoms with van der Waals surface area (Å²) in [7, 11) is 0. The van der Waals surface area contributed by atoms with E-state index in [1.54, 1.807) is 59.9 Å². The highest BCUT2D eigenvalue weighted by Gasteiger charge is 2.42. The maximum Gasteiger partial charge on any atom is 0.423 e. The number of rotatable bonds is 6. The minimum Gasteiger partial charge on any atom is -0.465 e. The lowest BCUT2D eigenvalue weighted by atomic mass is 9.83. The highest BCUT2D eigenvalue weighted by Crippen LogP contribution is 2.43. The average molecular weight is 563 g/mol. The van der Waals surface area contributed by atoms with Gasteiger partial charge in [-0.05, 0) is 71.4 Å². The van der Waals surface area contributed by atoms with E-state index in [9.17, 15) is 14.3 Å². The number of carbonyl (C=O) groups is 1. The monoisotopic (exact) mass is 562 g/mol. The SMILES string of the molecule is CCOc1nc2c(C(O)(C3=CN=CCN3)c3ccc(F)cn3)cc(-c3c(C)noc3C)cc2n1C(=O)OC(C)(C)C. The van der Waals surface area contributed by atoms with E-state index in [2.05, 4.69) is 25.4 Å². The first-order valence-corrected chi connectivity index (χ1v) is 13.1. The Kier molecular flexibility index (Phi) is 7.12. The average Bonchev–Trinajstić information content (AvgIpc) is 3.46. The Labute approximate surface area is 235 Å². The lowest BCUT2D eigenvalue weighted by Gasteiger charge is -2.32. The first-order chi connectivity index (χ1) is 19.4. The third-order valence-corrected chi connectivity index (χ3v) is 6.47. The Morgan fingerprint density at radius 3 is 2.61 bits per heavy atom. The van der Waals surface area contributed by atoms with Crippen LogP contribution in [0, 0.1) is 19.7 Å². The van der Waals surface area contributed by atoms with Crippen LogP contribution in [0.25, 0.3) is 22.2 Å². The van der Waals surface area contributed by atoms with Crippen LogP contribution in [0.1, 0.15) is 50.4 Å². The molecule has 0 aliphatic carbocycles. The number of fused-ring (bicyclic) bond motifs is 1. The van der Waals surface area contributed by atoms with Gasteiger partial charge in [0.1, 0.15) is 22.7 Å². The molecule has 12 heteroatoms. The molecule has 1 atom stereocenters. The van der Waals surface area contributed by atoms with Crippen LogP contribution in [0.15, 0.2) is 51.9 Å². The Morgan fingerprint density at radius 1 is 1.24 bits per heavy atom. The van der Waals surface area contributed by atoms with E-state index in [1.165, 1.54) is 22.9 Å². The highest BCUT2D eigenvalue weighted by molar-refractivity contribution is 5.94. The summed E-state index contributed by atoms with van der Waals surface area (Å²) >= 11 is 0. The summed E-state index contributed by atoms with van der Waals surface area (Å²) < 4.78 is 32.1. The Bertz CT molecular complexity index is 1660. The van der Waals surface area contributed by atoms with Gasteiger partial charge in [0.25, 0.3) is 0 Å². The second-order valence-electron chi connectivity index (χ2n) is 10.6. The predicted octanol–water partition coefficient (Wildman–Crippen LogP) is 4.78. The molecule has 11 nitrogen and oxygen atoms in total. The number of pyridine rings is 1. The molecule has 1 aliphatic heterocycles. The number of aromatic nitrogens is 4. The number of aliphatic hydroxyl groups is 1. The van der Waals surface area contributed by atoms with Crippen LogP contribution in [0.3, 0.4) is 0 Å². The summed E-state index contributed by atoms with van der Waals surface area (Å²) in [6.07, 6.45) is 3.42. The zero-order valence-corrected chi connectivity index (χ0v) is 23.6. The van der Waals surface area contributed by atoms with E-state index in [4.69, 9.17) is 14.0 Å². The van der Waals surface area contributed by atoms with Gasteiger partial charge in [-0.25, -0.2) is 9.18 Å². The van der Waals surface area contributed by atoms with Gasteiger partial charge in [0.2, 0.25) is 0 Å². The fourth-order valence-corrected chi connectivity index (χ4v) is 4.79. The molecule has 1 aliphatic rings. The summed E-state index contributed by atoms with van der Waals surface area (Å²) in [5.74, 6) is -0.0358. The molecule has 4 aromatic rings. The third-order valence-electron chi connectivity index (χ3n) is 6.47. The molecule has 1 aromatic carbocycles. The van der Waals surface area contributed by atoms with Gasteiger partial charge < -0.3 is 24.4 Å². The van der Waals surface area contributed by atoms with Gasteiger partial charge in [-0.15, -0.1) is 0 Å². The van der Waals surface area contributed by atoms with Crippen LogP contribution in [-0.2, 0) is 10.3 Å². The Morgan fingerprint density at radius 2 is 2.02 bits per heavy atom. The Hall–Kier alpha value is -4.58. The zero-order valence-electron chi connectivity index (χ0n) is 23.6. The van der Waals surface area contributed by atoms with Gasteiger partial charge in [-0.3, -0.25) is 9.98 Å². The van der Waals surface area contributed by atoms with Crippen molar-refractivity contribution in [2.45, 2.75) is 52.7 Å². The molecular formula is C29H31FN6O5. The van der Waals surface area contributed by atoms with Crippen LogP contribution in [0.5, 0.6) is 6.01 Å². The molecule has 4 heterocycles. The van der Waals surface area contributed by atoms with Gasteiger partial charge in [0.15, 0.2) is 5.60 Å². The molecule has 0 saturated heterocycles. The summed E-state index contributed by atoms with van der Waals surface area (Å²) in [4.78, 5) is 26.7. The number of ether oxygens (including phenoxy) is 2. The number of halogens is 1. The molecule has 214 valence electrons. The summed E-state index contributed by atoms with van der Waals surface area (Å²) in [6.45, 7) is 11.1. The lowest BCUT2D eigenvalue weighted by molar-refractivity contribution is 0.0527. The fourth-order valence-electron chi connectivity index (χ4n) is 4.79. The normalized spacial score (nSPS) is 14.9. The van der Waals surface area contributed by atoms with Crippen molar-refractivity contribution in [3.05, 3.63) is 70.9 Å². The molecule has 2 N–H and O–H groups in total. The van der Waals surface area contributed by atoms with E-state index in [0.29, 0.717) is 34.6 Å². The van der Waals surface area contributed by atoms with Crippen LogP contribution in [0.4, 0.5) is 9.18 Å². The van der Waals surface area contributed by atoms with E-state index in [1.807, 2.05) is 0 Å². The van der Waals surface area contributed by atoms with Crippen molar-refractivity contribution in [3.63, 3.8) is 0 Å². The number of aryl methyl sites for hydroxylation is 2. The van der Waals surface area contributed by atoms with Gasteiger partial charge in [0.05, 0.1) is 42.0 Å². The second kappa shape index (κ2) is 10.4. The summed E-state index contributed by atoms with van der Waals surface area (Å²) in [6, 6.07) is 6.04. The number of hydrogen-bond donors (Lipinski definition) is 2. The van der Waals surface area contributed by atoms with Crippen molar-refractivity contribution in [1.82, 2.24) is 25.0 Å². The van der Waals surface area contributed by atoms with E-state index in [0.717, 1.165) is 6.20 Å². The quantitative estimate of drug-likeness (QED) is 0.340. The van der Waals surface area contributed by atoms with Crippen molar-refractivity contribution >= 4 is 23.3 Å². The maximum absolute atomic E-state index is 14.0. The van der Waals surface area contributed by atoms with E-state index in [-0.39, 0.29) is 35.1 Å². The summed E-state index contributed by atoms with van der Waals surface area (Å²) in [5.41, 5.74) is 0.196. The number of carbonyl (C=O) groups excluding carboxylic acids is 1. The smallest absolute Gasteiger partial charge is 0.423 e. The molecular weight excluding hydrogens is 531 g/mol. The van der Waals surface area contributed by atoms with Gasteiger partial charge >= 0.3 is 12.1 Å². The molecule has 41 heavy (non-hydrogen) atoms. The highest BCUT2D eigenvalue weighted by atomic mass is 19.1. The van der Waals surface area contributed by atoms with Crippen LogP contribution in [-0.4, -0.2) is 55.9 Å². The molecule has 5 rings (SSSR count). The maximum atomic E-state index is 14.0. The number of aliphatic imine (C=N–C) groups is 1.